The molecule has 104 valence electrons. The van der Waals surface area contributed by atoms with Gasteiger partial charge in [-0.05, 0) is 34.1 Å². The molecule has 19 heavy (non-hydrogen) atoms. The molecular weight excluding hydrogens is 310 g/mol. The Labute approximate surface area is 121 Å². The normalized spacial score (nSPS) is 10.3. The van der Waals surface area contributed by atoms with Crippen LogP contribution in [0.1, 0.15) is 24.2 Å². The highest BCUT2D eigenvalue weighted by atomic mass is 79.9. The van der Waals surface area contributed by atoms with Crippen LogP contribution >= 0.6 is 15.9 Å². The fourth-order valence-corrected chi connectivity index (χ4v) is 1.80. The monoisotopic (exact) mass is 327 g/mol. The molecule has 1 aromatic carbocycles. The van der Waals surface area contributed by atoms with Crippen LogP contribution in [0.4, 0.5) is 5.69 Å². The first-order valence-corrected chi connectivity index (χ1v) is 6.82. The summed E-state index contributed by atoms with van der Waals surface area (Å²) in [5, 5.41) is 5.45. The number of nitrogens with two attached hydrogens (primary N) is 1. The fourth-order valence-electron chi connectivity index (χ4n) is 1.38. The molecule has 0 fully saturated rings. The van der Waals surface area contributed by atoms with E-state index >= 15 is 0 Å². The average Bonchev–Trinajstić information content (AvgIpc) is 2.36. The van der Waals surface area contributed by atoms with Crippen LogP contribution < -0.4 is 16.4 Å². The van der Waals surface area contributed by atoms with Gasteiger partial charge in [0.25, 0.3) is 5.91 Å². The van der Waals surface area contributed by atoms with Gasteiger partial charge in [0.2, 0.25) is 5.91 Å². The Kier molecular flexibility index (Phi) is 5.82. The number of nitrogens with one attached hydrogen (secondary N) is 2. The summed E-state index contributed by atoms with van der Waals surface area (Å²) in [6.07, 6.45) is 0. The molecule has 1 aromatic rings. The predicted octanol–water partition coefficient (Wildman–Crippen LogP) is 1.53. The van der Waals surface area contributed by atoms with Crippen molar-refractivity contribution in [2.45, 2.75) is 13.8 Å². The van der Waals surface area contributed by atoms with E-state index < -0.39 is 0 Å². The summed E-state index contributed by atoms with van der Waals surface area (Å²) in [5.74, 6) is -0.309. The van der Waals surface area contributed by atoms with Crippen molar-refractivity contribution in [1.82, 2.24) is 10.6 Å². The minimum absolute atomic E-state index is 0.0283. The Hall–Kier alpha value is -1.56. The van der Waals surface area contributed by atoms with Crippen LogP contribution in [0.2, 0.25) is 0 Å². The van der Waals surface area contributed by atoms with Gasteiger partial charge in [0.1, 0.15) is 0 Å². The topological polar surface area (TPSA) is 84.2 Å². The van der Waals surface area contributed by atoms with Crippen molar-refractivity contribution in [2.24, 2.45) is 5.92 Å². The van der Waals surface area contributed by atoms with Crippen molar-refractivity contribution >= 4 is 33.4 Å². The van der Waals surface area contributed by atoms with Gasteiger partial charge >= 0.3 is 0 Å². The molecule has 0 atom stereocenters. The van der Waals surface area contributed by atoms with E-state index in [1.165, 1.54) is 0 Å². The second kappa shape index (κ2) is 7.13. The van der Waals surface area contributed by atoms with Gasteiger partial charge in [0.15, 0.2) is 0 Å². The number of rotatable bonds is 5. The van der Waals surface area contributed by atoms with Crippen molar-refractivity contribution in [3.8, 4) is 0 Å². The molecule has 2 amide bonds. The van der Waals surface area contributed by atoms with Crippen molar-refractivity contribution in [1.29, 1.82) is 0 Å². The summed E-state index contributed by atoms with van der Waals surface area (Å²) in [4.78, 5) is 23.2. The summed E-state index contributed by atoms with van der Waals surface area (Å²) in [5.41, 5.74) is 6.65. The third-order valence-electron chi connectivity index (χ3n) is 2.47. The Morgan fingerprint density at radius 3 is 2.53 bits per heavy atom. The van der Waals surface area contributed by atoms with Crippen molar-refractivity contribution < 1.29 is 9.59 Å². The molecule has 0 radical (unpaired) electrons. The van der Waals surface area contributed by atoms with E-state index in [0.717, 1.165) is 0 Å². The van der Waals surface area contributed by atoms with E-state index in [0.29, 0.717) is 28.8 Å². The molecule has 0 aromatic heterocycles. The molecule has 5 nitrogen and oxygen atoms in total. The number of amides is 2. The maximum absolute atomic E-state index is 11.9. The molecule has 0 aliphatic carbocycles. The molecular formula is C13H18BrN3O2. The lowest BCUT2D eigenvalue weighted by Crippen LogP contribution is -2.36. The van der Waals surface area contributed by atoms with Crippen molar-refractivity contribution in [3.63, 3.8) is 0 Å². The largest absolute Gasteiger partial charge is 0.399 e. The lowest BCUT2D eigenvalue weighted by Gasteiger charge is -2.10. The molecule has 4 N–H and O–H groups in total. The first kappa shape index (κ1) is 15.5. The number of anilines is 1. The zero-order chi connectivity index (χ0) is 14.4. The van der Waals surface area contributed by atoms with Gasteiger partial charge in [-0.15, -0.1) is 0 Å². The Balaban J connectivity index is 2.44. The summed E-state index contributed by atoms with van der Waals surface area (Å²) in [6.45, 7) is 4.41. The zero-order valence-electron chi connectivity index (χ0n) is 11.0. The van der Waals surface area contributed by atoms with E-state index in [1.54, 1.807) is 18.2 Å². The fraction of sp³-hybridized carbons (Fsp3) is 0.385. The lowest BCUT2D eigenvalue weighted by molar-refractivity contribution is -0.123. The summed E-state index contributed by atoms with van der Waals surface area (Å²) in [6, 6.07) is 5.04. The quantitative estimate of drug-likeness (QED) is 0.566. The van der Waals surface area contributed by atoms with Crippen LogP contribution in [0.3, 0.4) is 0 Å². The maximum atomic E-state index is 11.9. The van der Waals surface area contributed by atoms with Gasteiger partial charge in [-0.1, -0.05) is 13.8 Å². The number of hydrogen-bond acceptors (Lipinski definition) is 3. The molecule has 0 unspecified atom stereocenters. The Morgan fingerprint density at radius 2 is 1.89 bits per heavy atom. The highest BCUT2D eigenvalue weighted by molar-refractivity contribution is 9.10. The predicted molar refractivity (Wildman–Crippen MR) is 78.7 cm³/mol. The molecule has 6 heteroatoms. The number of carbonyl (C=O) groups is 2. The Bertz CT molecular complexity index is 475. The second-order valence-corrected chi connectivity index (χ2v) is 5.30. The number of carbonyl (C=O) groups excluding carboxylic acids is 2. The highest BCUT2D eigenvalue weighted by Gasteiger charge is 2.10. The number of halogens is 1. The SMILES string of the molecule is CC(C)C(=O)NCCNC(=O)c1cc(N)ccc1Br. The standard InChI is InChI=1S/C13H18BrN3O2/c1-8(2)12(18)16-5-6-17-13(19)10-7-9(15)3-4-11(10)14/h3-4,7-8H,5-6,15H2,1-2H3,(H,16,18)(H,17,19). The van der Waals surface area contributed by atoms with Crippen LogP contribution in [-0.4, -0.2) is 24.9 Å². The van der Waals surface area contributed by atoms with Gasteiger partial charge in [-0.25, -0.2) is 0 Å². The third-order valence-corrected chi connectivity index (χ3v) is 3.16. The molecule has 0 aliphatic heterocycles. The van der Waals surface area contributed by atoms with E-state index in [1.807, 2.05) is 13.8 Å². The lowest BCUT2D eigenvalue weighted by atomic mass is 10.2. The highest BCUT2D eigenvalue weighted by Crippen LogP contribution is 2.19. The molecule has 0 spiro atoms. The van der Waals surface area contributed by atoms with E-state index in [4.69, 9.17) is 5.73 Å². The number of hydrogen-bond donors (Lipinski definition) is 3. The van der Waals surface area contributed by atoms with Gasteiger partial charge in [-0.3, -0.25) is 9.59 Å². The molecule has 0 bridgehead atoms. The van der Waals surface area contributed by atoms with Crippen LogP contribution in [0.15, 0.2) is 22.7 Å². The smallest absolute Gasteiger partial charge is 0.252 e. The summed E-state index contributed by atoms with van der Waals surface area (Å²) in [7, 11) is 0. The van der Waals surface area contributed by atoms with Crippen LogP contribution in [0, 0.1) is 5.92 Å². The molecule has 1 rings (SSSR count). The van der Waals surface area contributed by atoms with Crippen LogP contribution in [0.5, 0.6) is 0 Å². The molecule has 0 saturated heterocycles. The van der Waals surface area contributed by atoms with Crippen LogP contribution in [0.25, 0.3) is 0 Å². The van der Waals surface area contributed by atoms with Gasteiger partial charge < -0.3 is 16.4 Å². The Morgan fingerprint density at radius 1 is 1.26 bits per heavy atom. The van der Waals surface area contributed by atoms with E-state index in [2.05, 4.69) is 26.6 Å². The van der Waals surface area contributed by atoms with Gasteiger partial charge in [0.05, 0.1) is 5.56 Å². The van der Waals surface area contributed by atoms with Crippen molar-refractivity contribution in [2.75, 3.05) is 18.8 Å². The molecule has 0 aliphatic rings. The minimum Gasteiger partial charge on any atom is -0.399 e. The minimum atomic E-state index is -0.224. The van der Waals surface area contributed by atoms with Crippen molar-refractivity contribution in [3.05, 3.63) is 28.2 Å². The third kappa shape index (κ3) is 4.90. The summed E-state index contributed by atoms with van der Waals surface area (Å²) < 4.78 is 0.686. The molecule has 0 saturated carbocycles. The first-order valence-electron chi connectivity index (χ1n) is 6.02. The summed E-state index contributed by atoms with van der Waals surface area (Å²) >= 11 is 3.30. The van der Waals surface area contributed by atoms with Gasteiger partial charge in [-0.2, -0.15) is 0 Å². The van der Waals surface area contributed by atoms with E-state index in [-0.39, 0.29) is 17.7 Å². The van der Waals surface area contributed by atoms with E-state index in [9.17, 15) is 9.59 Å². The van der Waals surface area contributed by atoms with Crippen LogP contribution in [-0.2, 0) is 4.79 Å². The average molecular weight is 328 g/mol. The second-order valence-electron chi connectivity index (χ2n) is 4.44. The first-order chi connectivity index (χ1) is 8.91. The zero-order valence-corrected chi connectivity index (χ0v) is 12.6. The molecule has 0 heterocycles. The maximum Gasteiger partial charge on any atom is 0.252 e. The number of benzene rings is 1. The number of nitrogen functional groups attached to an aromatic ring is 1. The van der Waals surface area contributed by atoms with Gasteiger partial charge in [0, 0.05) is 29.2 Å².